The van der Waals surface area contributed by atoms with Gasteiger partial charge in [-0.25, -0.2) is 0 Å². The zero-order valence-electron chi connectivity index (χ0n) is 9.48. The molecule has 2 heteroatoms. The van der Waals surface area contributed by atoms with E-state index in [4.69, 9.17) is 10.2 Å². The van der Waals surface area contributed by atoms with Gasteiger partial charge in [-0.15, -0.1) is 0 Å². The lowest BCUT2D eigenvalue weighted by Crippen LogP contribution is -2.18. The van der Waals surface area contributed by atoms with Gasteiger partial charge in [-0.05, 0) is 23.5 Å². The summed E-state index contributed by atoms with van der Waals surface area (Å²) in [7, 11) is 0. The van der Waals surface area contributed by atoms with Gasteiger partial charge >= 0.3 is 0 Å². The number of benzene rings is 1. The molecule has 0 fully saturated rings. The standard InChI is InChI=1S/C13H20O2/c1-3-11-4-6-12(7-5-11)10(2)13(8-14)9-15/h4-7,10,13-15H,3,8-9H2,1-2H3. The summed E-state index contributed by atoms with van der Waals surface area (Å²) in [5, 5.41) is 18.2. The first-order valence-corrected chi connectivity index (χ1v) is 5.53. The van der Waals surface area contributed by atoms with Crippen molar-refractivity contribution >= 4 is 0 Å². The first-order valence-electron chi connectivity index (χ1n) is 5.53. The molecule has 1 rings (SSSR count). The number of rotatable bonds is 5. The van der Waals surface area contributed by atoms with Crippen LogP contribution in [0.2, 0.25) is 0 Å². The molecule has 2 nitrogen and oxygen atoms in total. The van der Waals surface area contributed by atoms with Gasteiger partial charge in [-0.2, -0.15) is 0 Å². The molecule has 1 unspecified atom stereocenters. The van der Waals surface area contributed by atoms with Gasteiger partial charge in [0.15, 0.2) is 0 Å². The second kappa shape index (κ2) is 5.89. The fourth-order valence-electron chi connectivity index (χ4n) is 1.70. The molecular formula is C13H20O2. The molecule has 0 radical (unpaired) electrons. The largest absolute Gasteiger partial charge is 0.396 e. The molecule has 0 bridgehead atoms. The highest BCUT2D eigenvalue weighted by Gasteiger charge is 2.16. The first-order chi connectivity index (χ1) is 7.22. The molecule has 0 aromatic heterocycles. The second-order valence-corrected chi connectivity index (χ2v) is 4.01. The molecule has 0 saturated carbocycles. The van der Waals surface area contributed by atoms with Gasteiger partial charge in [-0.1, -0.05) is 38.1 Å². The topological polar surface area (TPSA) is 40.5 Å². The summed E-state index contributed by atoms with van der Waals surface area (Å²) < 4.78 is 0. The fraction of sp³-hybridized carbons (Fsp3) is 0.538. The predicted molar refractivity (Wildman–Crippen MR) is 61.9 cm³/mol. The van der Waals surface area contributed by atoms with E-state index >= 15 is 0 Å². The summed E-state index contributed by atoms with van der Waals surface area (Å²) in [5.41, 5.74) is 2.50. The van der Waals surface area contributed by atoms with Crippen LogP contribution >= 0.6 is 0 Å². The van der Waals surface area contributed by atoms with Crippen LogP contribution in [0.4, 0.5) is 0 Å². The van der Waals surface area contributed by atoms with Crippen LogP contribution in [0.5, 0.6) is 0 Å². The molecule has 0 aliphatic rings. The Bertz CT molecular complexity index is 275. The Balaban J connectivity index is 2.76. The average Bonchev–Trinajstić information content (AvgIpc) is 2.30. The van der Waals surface area contributed by atoms with Crippen molar-refractivity contribution in [3.05, 3.63) is 35.4 Å². The molecule has 1 aromatic rings. The Labute approximate surface area is 91.6 Å². The summed E-state index contributed by atoms with van der Waals surface area (Å²) in [5.74, 6) is 0.142. The molecule has 1 aromatic carbocycles. The number of aryl methyl sites for hydroxylation is 1. The lowest BCUT2D eigenvalue weighted by Gasteiger charge is -2.20. The summed E-state index contributed by atoms with van der Waals surface area (Å²) in [6.45, 7) is 4.24. The van der Waals surface area contributed by atoms with Crippen LogP contribution < -0.4 is 0 Å². The predicted octanol–water partition coefficient (Wildman–Crippen LogP) is 1.95. The Morgan fingerprint density at radius 2 is 1.60 bits per heavy atom. The third kappa shape index (κ3) is 3.05. The zero-order chi connectivity index (χ0) is 11.3. The molecule has 84 valence electrons. The summed E-state index contributed by atoms with van der Waals surface area (Å²) in [6.07, 6.45) is 1.04. The van der Waals surface area contributed by atoms with E-state index in [1.807, 2.05) is 6.92 Å². The molecule has 2 N–H and O–H groups in total. The summed E-state index contributed by atoms with van der Waals surface area (Å²) >= 11 is 0. The van der Waals surface area contributed by atoms with Crippen molar-refractivity contribution in [3.8, 4) is 0 Å². The highest BCUT2D eigenvalue weighted by atomic mass is 16.3. The Morgan fingerprint density at radius 3 is 2.00 bits per heavy atom. The second-order valence-electron chi connectivity index (χ2n) is 4.01. The number of hydrogen-bond acceptors (Lipinski definition) is 2. The Hall–Kier alpha value is -0.860. The quantitative estimate of drug-likeness (QED) is 0.776. The van der Waals surface area contributed by atoms with E-state index < -0.39 is 0 Å². The third-order valence-corrected chi connectivity index (χ3v) is 3.09. The highest BCUT2D eigenvalue weighted by Crippen LogP contribution is 2.24. The van der Waals surface area contributed by atoms with E-state index in [9.17, 15) is 0 Å². The van der Waals surface area contributed by atoms with Crippen molar-refractivity contribution in [3.63, 3.8) is 0 Å². The van der Waals surface area contributed by atoms with Crippen LogP contribution in [0.15, 0.2) is 24.3 Å². The number of hydrogen-bond donors (Lipinski definition) is 2. The molecule has 0 spiro atoms. The van der Waals surface area contributed by atoms with Crippen molar-refractivity contribution in [1.29, 1.82) is 0 Å². The maximum absolute atomic E-state index is 9.10. The lowest BCUT2D eigenvalue weighted by molar-refractivity contribution is 0.134. The fourth-order valence-corrected chi connectivity index (χ4v) is 1.70. The Morgan fingerprint density at radius 1 is 1.07 bits per heavy atom. The van der Waals surface area contributed by atoms with Crippen LogP contribution in [-0.4, -0.2) is 23.4 Å². The monoisotopic (exact) mass is 208 g/mol. The SMILES string of the molecule is CCc1ccc(C(C)C(CO)CO)cc1. The minimum atomic E-state index is -0.0579. The van der Waals surface area contributed by atoms with E-state index in [1.165, 1.54) is 11.1 Å². The van der Waals surface area contributed by atoms with E-state index in [1.54, 1.807) is 0 Å². The lowest BCUT2D eigenvalue weighted by atomic mass is 9.88. The zero-order valence-corrected chi connectivity index (χ0v) is 9.48. The minimum Gasteiger partial charge on any atom is -0.396 e. The van der Waals surface area contributed by atoms with Gasteiger partial charge in [0.1, 0.15) is 0 Å². The molecule has 0 saturated heterocycles. The minimum absolute atomic E-state index is 0.0349. The number of aliphatic hydroxyl groups is 2. The Kier molecular flexibility index (Phi) is 4.79. The van der Waals surface area contributed by atoms with Gasteiger partial charge in [0.25, 0.3) is 0 Å². The smallest absolute Gasteiger partial charge is 0.0486 e. The molecule has 0 aliphatic heterocycles. The maximum Gasteiger partial charge on any atom is 0.0486 e. The molecule has 0 aliphatic carbocycles. The normalized spacial score (nSPS) is 13.1. The van der Waals surface area contributed by atoms with E-state index in [0.717, 1.165) is 6.42 Å². The first kappa shape index (κ1) is 12.2. The van der Waals surface area contributed by atoms with Gasteiger partial charge in [0.05, 0.1) is 0 Å². The van der Waals surface area contributed by atoms with Crippen molar-refractivity contribution in [2.75, 3.05) is 13.2 Å². The molecular weight excluding hydrogens is 188 g/mol. The average molecular weight is 208 g/mol. The van der Waals surface area contributed by atoms with E-state index in [0.29, 0.717) is 0 Å². The summed E-state index contributed by atoms with van der Waals surface area (Å²) in [6, 6.07) is 8.39. The van der Waals surface area contributed by atoms with E-state index in [2.05, 4.69) is 31.2 Å². The molecule has 0 heterocycles. The van der Waals surface area contributed by atoms with Gasteiger partial charge < -0.3 is 10.2 Å². The highest BCUT2D eigenvalue weighted by molar-refractivity contribution is 5.25. The van der Waals surface area contributed by atoms with Crippen LogP contribution in [-0.2, 0) is 6.42 Å². The van der Waals surface area contributed by atoms with Crippen LogP contribution in [0.3, 0.4) is 0 Å². The van der Waals surface area contributed by atoms with Crippen molar-refractivity contribution < 1.29 is 10.2 Å². The summed E-state index contributed by atoms with van der Waals surface area (Å²) in [4.78, 5) is 0. The van der Waals surface area contributed by atoms with Crippen LogP contribution in [0.25, 0.3) is 0 Å². The van der Waals surface area contributed by atoms with Gasteiger partial charge in [0.2, 0.25) is 0 Å². The van der Waals surface area contributed by atoms with E-state index in [-0.39, 0.29) is 25.0 Å². The molecule has 15 heavy (non-hydrogen) atoms. The van der Waals surface area contributed by atoms with Crippen molar-refractivity contribution in [2.45, 2.75) is 26.2 Å². The third-order valence-electron chi connectivity index (χ3n) is 3.09. The molecule has 1 atom stereocenters. The van der Waals surface area contributed by atoms with Crippen molar-refractivity contribution in [1.82, 2.24) is 0 Å². The molecule has 0 amide bonds. The maximum atomic E-state index is 9.10. The van der Waals surface area contributed by atoms with Crippen LogP contribution in [0, 0.1) is 5.92 Å². The van der Waals surface area contributed by atoms with Crippen molar-refractivity contribution in [2.24, 2.45) is 5.92 Å². The van der Waals surface area contributed by atoms with Gasteiger partial charge in [-0.3, -0.25) is 0 Å². The van der Waals surface area contributed by atoms with Crippen LogP contribution in [0.1, 0.15) is 30.9 Å². The number of aliphatic hydroxyl groups excluding tert-OH is 2. The van der Waals surface area contributed by atoms with Gasteiger partial charge in [0, 0.05) is 19.1 Å².